The Kier molecular flexibility index (Phi) is 4.60. The van der Waals surface area contributed by atoms with E-state index in [-0.39, 0.29) is 5.91 Å². The first-order valence-electron chi connectivity index (χ1n) is 8.11. The third kappa shape index (κ3) is 3.76. The molecule has 0 unspecified atom stereocenters. The Morgan fingerprint density at radius 3 is 2.64 bits per heavy atom. The molecule has 1 aromatic rings. The van der Waals surface area contributed by atoms with E-state index in [9.17, 15) is 9.90 Å². The predicted molar refractivity (Wildman–Crippen MR) is 87.3 cm³/mol. The third-order valence-corrected chi connectivity index (χ3v) is 4.58. The number of aliphatic hydroxyl groups is 1. The summed E-state index contributed by atoms with van der Waals surface area (Å²) in [6.07, 6.45) is 6.56. The number of likely N-dealkylation sites (tertiary alicyclic amines) is 2. The van der Waals surface area contributed by atoms with Crippen molar-refractivity contribution in [2.45, 2.75) is 24.9 Å². The van der Waals surface area contributed by atoms with Crippen molar-refractivity contribution in [3.63, 3.8) is 0 Å². The fraction of sp³-hybridized carbons (Fsp3) is 0.500. The summed E-state index contributed by atoms with van der Waals surface area (Å²) in [4.78, 5) is 16.3. The number of benzene rings is 1. The van der Waals surface area contributed by atoms with Crippen LogP contribution in [0.4, 0.5) is 0 Å². The molecule has 0 aromatic heterocycles. The number of hydrogen-bond donors (Lipinski definition) is 1. The fourth-order valence-electron chi connectivity index (χ4n) is 3.37. The predicted octanol–water partition coefficient (Wildman–Crippen LogP) is 1.76. The van der Waals surface area contributed by atoms with E-state index in [1.54, 1.807) is 11.0 Å². The lowest BCUT2D eigenvalue weighted by Gasteiger charge is -2.28. The van der Waals surface area contributed by atoms with Crippen LogP contribution < -0.4 is 0 Å². The number of carbonyl (C=O) groups is 1. The van der Waals surface area contributed by atoms with E-state index >= 15 is 0 Å². The molecule has 0 radical (unpaired) electrons. The van der Waals surface area contributed by atoms with Crippen LogP contribution in [-0.4, -0.2) is 59.1 Å². The van der Waals surface area contributed by atoms with Gasteiger partial charge >= 0.3 is 0 Å². The summed E-state index contributed by atoms with van der Waals surface area (Å²) in [7, 11) is 0. The molecular formula is C18H24N2O2. The largest absolute Gasteiger partial charge is 0.387 e. The molecule has 1 amide bonds. The summed E-state index contributed by atoms with van der Waals surface area (Å²) in [5.74, 6) is -0.0128. The molecule has 2 aliphatic heterocycles. The van der Waals surface area contributed by atoms with E-state index in [1.165, 1.54) is 12.8 Å². The van der Waals surface area contributed by atoms with Crippen LogP contribution in [0.1, 0.15) is 24.8 Å². The van der Waals surface area contributed by atoms with Crippen LogP contribution in [0.25, 0.3) is 6.08 Å². The van der Waals surface area contributed by atoms with Crippen molar-refractivity contribution in [1.29, 1.82) is 0 Å². The van der Waals surface area contributed by atoms with Gasteiger partial charge in [-0.2, -0.15) is 0 Å². The van der Waals surface area contributed by atoms with Crippen LogP contribution in [0.5, 0.6) is 0 Å². The van der Waals surface area contributed by atoms with Gasteiger partial charge in [0.15, 0.2) is 0 Å². The number of nitrogens with zero attached hydrogens (tertiary/aromatic N) is 2. The van der Waals surface area contributed by atoms with Crippen molar-refractivity contribution in [1.82, 2.24) is 9.80 Å². The van der Waals surface area contributed by atoms with Crippen molar-refractivity contribution < 1.29 is 9.90 Å². The zero-order valence-electron chi connectivity index (χ0n) is 12.9. The summed E-state index contributed by atoms with van der Waals surface area (Å²) in [6.45, 7) is 3.93. The Morgan fingerprint density at radius 2 is 1.91 bits per heavy atom. The van der Waals surface area contributed by atoms with E-state index in [0.717, 1.165) is 18.7 Å². The van der Waals surface area contributed by atoms with Gasteiger partial charge in [0, 0.05) is 19.2 Å². The first-order valence-corrected chi connectivity index (χ1v) is 8.11. The van der Waals surface area contributed by atoms with Crippen LogP contribution in [-0.2, 0) is 4.79 Å². The molecule has 0 saturated carbocycles. The molecule has 0 bridgehead atoms. The monoisotopic (exact) mass is 300 g/mol. The van der Waals surface area contributed by atoms with E-state index in [2.05, 4.69) is 4.90 Å². The maximum atomic E-state index is 12.3. The van der Waals surface area contributed by atoms with Gasteiger partial charge in [0.25, 0.3) is 0 Å². The summed E-state index contributed by atoms with van der Waals surface area (Å²) < 4.78 is 0. The molecule has 0 spiro atoms. The highest BCUT2D eigenvalue weighted by Gasteiger charge is 2.39. The van der Waals surface area contributed by atoms with Crippen molar-refractivity contribution in [2.75, 3.05) is 32.7 Å². The average Bonchev–Trinajstić information content (AvgIpc) is 3.16. The van der Waals surface area contributed by atoms with Gasteiger partial charge in [-0.15, -0.1) is 0 Å². The molecule has 3 rings (SSSR count). The van der Waals surface area contributed by atoms with Gasteiger partial charge in [-0.25, -0.2) is 0 Å². The Morgan fingerprint density at radius 1 is 1.18 bits per heavy atom. The molecule has 2 fully saturated rings. The minimum atomic E-state index is -0.736. The van der Waals surface area contributed by atoms with Crippen LogP contribution in [0.15, 0.2) is 36.4 Å². The average molecular weight is 300 g/mol. The highest BCUT2D eigenvalue weighted by atomic mass is 16.3. The summed E-state index contributed by atoms with van der Waals surface area (Å²) in [6, 6.07) is 9.80. The zero-order valence-corrected chi connectivity index (χ0v) is 12.9. The lowest BCUT2D eigenvalue weighted by Crippen LogP contribution is -2.44. The van der Waals surface area contributed by atoms with E-state index in [4.69, 9.17) is 0 Å². The second kappa shape index (κ2) is 6.63. The van der Waals surface area contributed by atoms with Crippen molar-refractivity contribution in [2.24, 2.45) is 0 Å². The molecule has 1 aromatic carbocycles. The Labute approximate surface area is 132 Å². The van der Waals surface area contributed by atoms with Gasteiger partial charge in [0.1, 0.15) is 0 Å². The van der Waals surface area contributed by atoms with Crippen LogP contribution in [0.3, 0.4) is 0 Å². The summed E-state index contributed by atoms with van der Waals surface area (Å²) in [5.41, 5.74) is 0.281. The van der Waals surface area contributed by atoms with Gasteiger partial charge < -0.3 is 14.9 Å². The highest BCUT2D eigenvalue weighted by molar-refractivity contribution is 5.92. The number of hydrogen-bond acceptors (Lipinski definition) is 3. The van der Waals surface area contributed by atoms with E-state index < -0.39 is 5.60 Å². The molecular weight excluding hydrogens is 276 g/mol. The maximum Gasteiger partial charge on any atom is 0.246 e. The Balaban J connectivity index is 1.55. The molecule has 1 N–H and O–H groups in total. The van der Waals surface area contributed by atoms with Crippen LogP contribution in [0.2, 0.25) is 0 Å². The molecule has 4 nitrogen and oxygen atoms in total. The molecule has 2 saturated heterocycles. The minimum absolute atomic E-state index is 0.0128. The second-order valence-electron chi connectivity index (χ2n) is 6.46. The maximum absolute atomic E-state index is 12.3. The third-order valence-electron chi connectivity index (χ3n) is 4.58. The minimum Gasteiger partial charge on any atom is -0.387 e. The van der Waals surface area contributed by atoms with Crippen LogP contribution >= 0.6 is 0 Å². The van der Waals surface area contributed by atoms with Crippen molar-refractivity contribution >= 4 is 12.0 Å². The molecule has 2 heterocycles. The molecule has 1 atom stereocenters. The molecule has 4 heteroatoms. The van der Waals surface area contributed by atoms with Gasteiger partial charge in [-0.3, -0.25) is 4.79 Å². The Hall–Kier alpha value is -1.65. The zero-order chi connectivity index (χ0) is 15.4. The van der Waals surface area contributed by atoms with Gasteiger partial charge in [0.05, 0.1) is 12.1 Å². The number of β-amino-alcohol motifs (C(OH)–C–C–N with tert-alkyl or cyclic N) is 1. The quantitative estimate of drug-likeness (QED) is 0.862. The Bertz CT molecular complexity index is 537. The topological polar surface area (TPSA) is 43.8 Å². The van der Waals surface area contributed by atoms with Crippen LogP contribution in [0, 0.1) is 0 Å². The number of amides is 1. The first-order chi connectivity index (χ1) is 10.6. The SMILES string of the molecule is O=C(/C=C/c1ccccc1)N1CC[C@](O)(CN2CCCC2)C1. The molecule has 22 heavy (non-hydrogen) atoms. The fourth-order valence-corrected chi connectivity index (χ4v) is 3.37. The molecule has 0 aliphatic carbocycles. The number of rotatable bonds is 4. The van der Waals surface area contributed by atoms with E-state index in [1.807, 2.05) is 36.4 Å². The van der Waals surface area contributed by atoms with E-state index in [0.29, 0.717) is 26.1 Å². The smallest absolute Gasteiger partial charge is 0.246 e. The lowest BCUT2D eigenvalue weighted by atomic mass is 10.0. The summed E-state index contributed by atoms with van der Waals surface area (Å²) >= 11 is 0. The molecule has 2 aliphatic rings. The highest BCUT2D eigenvalue weighted by Crippen LogP contribution is 2.24. The van der Waals surface area contributed by atoms with Gasteiger partial charge in [-0.05, 0) is 44.0 Å². The lowest BCUT2D eigenvalue weighted by molar-refractivity contribution is -0.126. The second-order valence-corrected chi connectivity index (χ2v) is 6.46. The normalized spacial score (nSPS) is 26.1. The van der Waals surface area contributed by atoms with Crippen molar-refractivity contribution in [3.05, 3.63) is 42.0 Å². The number of carbonyl (C=O) groups excluding carboxylic acids is 1. The summed E-state index contributed by atoms with van der Waals surface area (Å²) in [5, 5.41) is 10.7. The molecule has 118 valence electrons. The van der Waals surface area contributed by atoms with Crippen molar-refractivity contribution in [3.8, 4) is 0 Å². The standard InChI is InChI=1S/C18H24N2O2/c21-17(9-8-16-6-2-1-3-7-16)20-13-10-18(22,15-20)14-19-11-4-5-12-19/h1-3,6-9,22H,4-5,10-15H2/b9-8+/t18-/m0/s1. The first kappa shape index (κ1) is 15.3. The van der Waals surface area contributed by atoms with Gasteiger partial charge in [0.2, 0.25) is 5.91 Å². The van der Waals surface area contributed by atoms with Gasteiger partial charge in [-0.1, -0.05) is 30.3 Å².